The molecule has 0 unspecified atom stereocenters. The Hall–Kier alpha value is -3.51. The van der Waals surface area contributed by atoms with Crippen molar-refractivity contribution in [2.24, 2.45) is 0 Å². The van der Waals surface area contributed by atoms with Gasteiger partial charge in [0.15, 0.2) is 0 Å². The number of carbonyl (C=O) groups is 1. The van der Waals surface area contributed by atoms with E-state index in [1.165, 1.54) is 29.8 Å². The molecule has 0 heterocycles. The smallest absolute Gasteiger partial charge is 0.343 e. The number of rotatable bonds is 2. The first-order valence-corrected chi connectivity index (χ1v) is 8.22. The van der Waals surface area contributed by atoms with Gasteiger partial charge in [-0.3, -0.25) is 0 Å². The minimum atomic E-state index is -0.473. The predicted molar refractivity (Wildman–Crippen MR) is 101 cm³/mol. The molecule has 0 amide bonds. The summed E-state index contributed by atoms with van der Waals surface area (Å²) in [6.07, 6.45) is 0. The standard InChI is InChI=1S/C23H18O3/c1-16-3-7-19(17(2)15-16)8-4-18-5-13-22(14-6-18)26-23(25)20-9-11-21(24)12-10-20/h3,5-7,9-15,24H,1-2H3. The molecule has 0 aromatic heterocycles. The summed E-state index contributed by atoms with van der Waals surface area (Å²) in [5.41, 5.74) is 4.58. The summed E-state index contributed by atoms with van der Waals surface area (Å²) in [6, 6.07) is 19.2. The van der Waals surface area contributed by atoms with E-state index < -0.39 is 5.97 Å². The van der Waals surface area contributed by atoms with Gasteiger partial charge in [-0.05, 0) is 74.0 Å². The zero-order valence-electron chi connectivity index (χ0n) is 14.6. The number of hydrogen-bond donors (Lipinski definition) is 1. The molecule has 0 spiro atoms. The molecule has 3 rings (SSSR count). The van der Waals surface area contributed by atoms with Crippen molar-refractivity contribution in [1.82, 2.24) is 0 Å². The van der Waals surface area contributed by atoms with E-state index in [9.17, 15) is 9.90 Å². The van der Waals surface area contributed by atoms with Crippen molar-refractivity contribution >= 4 is 5.97 Å². The number of ether oxygens (including phenoxy) is 1. The Bertz CT molecular complexity index is 988. The summed E-state index contributed by atoms with van der Waals surface area (Å²) in [4.78, 5) is 12.1. The highest BCUT2D eigenvalue weighted by Gasteiger charge is 2.08. The molecule has 0 atom stereocenters. The van der Waals surface area contributed by atoms with E-state index >= 15 is 0 Å². The van der Waals surface area contributed by atoms with E-state index in [-0.39, 0.29) is 5.75 Å². The van der Waals surface area contributed by atoms with Crippen LogP contribution in [-0.4, -0.2) is 11.1 Å². The van der Waals surface area contributed by atoms with Crippen molar-refractivity contribution in [1.29, 1.82) is 0 Å². The number of phenolic OH excluding ortho intramolecular Hbond substituents is 1. The summed E-state index contributed by atoms with van der Waals surface area (Å²) in [7, 11) is 0. The molecule has 0 saturated heterocycles. The minimum Gasteiger partial charge on any atom is -0.508 e. The fourth-order valence-corrected chi connectivity index (χ4v) is 2.46. The van der Waals surface area contributed by atoms with Gasteiger partial charge < -0.3 is 9.84 Å². The van der Waals surface area contributed by atoms with Gasteiger partial charge >= 0.3 is 5.97 Å². The third-order valence-corrected chi connectivity index (χ3v) is 3.89. The summed E-state index contributed by atoms with van der Waals surface area (Å²) in [5.74, 6) is 6.36. The fraction of sp³-hybridized carbons (Fsp3) is 0.0870. The Morgan fingerprint density at radius 3 is 2.23 bits per heavy atom. The van der Waals surface area contributed by atoms with E-state index in [4.69, 9.17) is 4.74 Å². The molecule has 0 saturated carbocycles. The number of phenols is 1. The fourth-order valence-electron chi connectivity index (χ4n) is 2.46. The second-order valence-corrected chi connectivity index (χ2v) is 6.03. The van der Waals surface area contributed by atoms with Crippen molar-refractivity contribution < 1.29 is 14.6 Å². The Balaban J connectivity index is 1.70. The first kappa shape index (κ1) is 17.3. The number of carbonyl (C=O) groups excluding carboxylic acids is 1. The zero-order chi connectivity index (χ0) is 18.5. The van der Waals surface area contributed by atoms with Gasteiger partial charge in [-0.1, -0.05) is 29.5 Å². The van der Waals surface area contributed by atoms with Crippen molar-refractivity contribution in [2.75, 3.05) is 0 Å². The van der Waals surface area contributed by atoms with E-state index in [0.717, 1.165) is 16.7 Å². The first-order chi connectivity index (χ1) is 12.5. The quantitative estimate of drug-likeness (QED) is 0.420. The van der Waals surface area contributed by atoms with Crippen LogP contribution in [0.3, 0.4) is 0 Å². The van der Waals surface area contributed by atoms with Crippen LogP contribution < -0.4 is 4.74 Å². The highest BCUT2D eigenvalue weighted by atomic mass is 16.5. The van der Waals surface area contributed by atoms with Crippen LogP contribution in [0.15, 0.2) is 66.7 Å². The van der Waals surface area contributed by atoms with Crippen LogP contribution in [0.1, 0.15) is 32.6 Å². The van der Waals surface area contributed by atoms with Gasteiger partial charge in [-0.15, -0.1) is 0 Å². The largest absolute Gasteiger partial charge is 0.508 e. The topological polar surface area (TPSA) is 46.5 Å². The second kappa shape index (κ2) is 7.58. The monoisotopic (exact) mass is 342 g/mol. The average molecular weight is 342 g/mol. The van der Waals surface area contributed by atoms with Crippen molar-refractivity contribution in [3.8, 4) is 23.3 Å². The normalized spacial score (nSPS) is 9.92. The van der Waals surface area contributed by atoms with Gasteiger partial charge in [0, 0.05) is 11.1 Å². The Morgan fingerprint density at radius 1 is 0.885 bits per heavy atom. The van der Waals surface area contributed by atoms with Crippen LogP contribution >= 0.6 is 0 Å². The molecule has 0 aliphatic heterocycles. The maximum absolute atomic E-state index is 12.1. The van der Waals surface area contributed by atoms with Crippen LogP contribution in [0.4, 0.5) is 0 Å². The molecule has 0 bridgehead atoms. The molecule has 0 radical (unpaired) electrons. The molecular weight excluding hydrogens is 324 g/mol. The van der Waals surface area contributed by atoms with Crippen molar-refractivity contribution in [3.05, 3.63) is 94.5 Å². The van der Waals surface area contributed by atoms with Gasteiger partial charge in [-0.25, -0.2) is 4.79 Å². The summed E-state index contributed by atoms with van der Waals surface area (Å²) < 4.78 is 5.32. The first-order valence-electron chi connectivity index (χ1n) is 8.22. The van der Waals surface area contributed by atoms with Crippen LogP contribution in [0.25, 0.3) is 0 Å². The lowest BCUT2D eigenvalue weighted by Crippen LogP contribution is -2.07. The molecule has 128 valence electrons. The van der Waals surface area contributed by atoms with Gasteiger partial charge in [0.05, 0.1) is 5.56 Å². The summed E-state index contributed by atoms with van der Waals surface area (Å²) in [6.45, 7) is 4.10. The third kappa shape index (κ3) is 4.31. The molecule has 0 aliphatic rings. The lowest BCUT2D eigenvalue weighted by Gasteiger charge is -2.04. The van der Waals surface area contributed by atoms with E-state index in [2.05, 4.69) is 24.8 Å². The predicted octanol–water partition coefficient (Wildman–Crippen LogP) is 4.63. The van der Waals surface area contributed by atoms with E-state index in [1.807, 2.05) is 31.2 Å². The van der Waals surface area contributed by atoms with Gasteiger partial charge in [0.2, 0.25) is 0 Å². The maximum atomic E-state index is 12.1. The molecule has 0 fully saturated rings. The van der Waals surface area contributed by atoms with Crippen LogP contribution in [0.5, 0.6) is 11.5 Å². The van der Waals surface area contributed by atoms with Crippen LogP contribution in [0, 0.1) is 25.7 Å². The van der Waals surface area contributed by atoms with E-state index in [1.54, 1.807) is 12.1 Å². The van der Waals surface area contributed by atoms with Gasteiger partial charge in [0.1, 0.15) is 11.5 Å². The van der Waals surface area contributed by atoms with Crippen molar-refractivity contribution in [2.45, 2.75) is 13.8 Å². The highest BCUT2D eigenvalue weighted by molar-refractivity contribution is 5.91. The molecule has 3 aromatic rings. The highest BCUT2D eigenvalue weighted by Crippen LogP contribution is 2.16. The number of aryl methyl sites for hydroxylation is 2. The van der Waals surface area contributed by atoms with Crippen LogP contribution in [0.2, 0.25) is 0 Å². The van der Waals surface area contributed by atoms with Crippen molar-refractivity contribution in [3.63, 3.8) is 0 Å². The number of esters is 1. The summed E-state index contributed by atoms with van der Waals surface area (Å²) >= 11 is 0. The van der Waals surface area contributed by atoms with Gasteiger partial charge in [0.25, 0.3) is 0 Å². The van der Waals surface area contributed by atoms with Gasteiger partial charge in [-0.2, -0.15) is 0 Å². The third-order valence-electron chi connectivity index (χ3n) is 3.89. The Labute approximate surface area is 152 Å². The molecule has 3 heteroatoms. The summed E-state index contributed by atoms with van der Waals surface area (Å²) in [5, 5.41) is 9.26. The molecular formula is C23H18O3. The Kier molecular flexibility index (Phi) is 5.05. The molecule has 1 N–H and O–H groups in total. The lowest BCUT2D eigenvalue weighted by atomic mass is 10.1. The maximum Gasteiger partial charge on any atom is 0.343 e. The molecule has 0 aliphatic carbocycles. The molecule has 3 nitrogen and oxygen atoms in total. The molecule has 3 aromatic carbocycles. The van der Waals surface area contributed by atoms with E-state index in [0.29, 0.717) is 11.3 Å². The number of hydrogen-bond acceptors (Lipinski definition) is 3. The number of aromatic hydroxyl groups is 1. The second-order valence-electron chi connectivity index (χ2n) is 6.03. The van der Waals surface area contributed by atoms with Crippen LogP contribution in [-0.2, 0) is 0 Å². The minimum absolute atomic E-state index is 0.105. The molecule has 26 heavy (non-hydrogen) atoms. The number of benzene rings is 3. The zero-order valence-corrected chi connectivity index (χ0v) is 14.6. The SMILES string of the molecule is Cc1ccc(C#Cc2ccc(OC(=O)c3ccc(O)cc3)cc2)c(C)c1. The Morgan fingerprint density at radius 2 is 1.58 bits per heavy atom. The average Bonchev–Trinajstić information content (AvgIpc) is 2.63. The lowest BCUT2D eigenvalue weighted by molar-refractivity contribution is 0.0735.